The molecule has 1 aromatic rings. The van der Waals surface area contributed by atoms with Crippen LogP contribution in [0.5, 0.6) is 5.75 Å². The number of carbonyl (C=O) groups is 1. The van der Waals surface area contributed by atoms with Gasteiger partial charge in [-0.3, -0.25) is 0 Å². The Balaban J connectivity index is 2.13. The van der Waals surface area contributed by atoms with E-state index in [4.69, 9.17) is 4.74 Å². The number of rotatable bonds is 3. The Hall–Kier alpha value is -1.55. The van der Waals surface area contributed by atoms with Gasteiger partial charge in [-0.25, -0.2) is 4.79 Å². The van der Waals surface area contributed by atoms with E-state index >= 15 is 0 Å². The number of aryl methyl sites for hydroxylation is 1. The van der Waals surface area contributed by atoms with Crippen molar-refractivity contribution in [1.29, 1.82) is 0 Å². The number of fused-ring (bicyclic) bond motifs is 1. The molecule has 0 aliphatic heterocycles. The van der Waals surface area contributed by atoms with E-state index in [-0.39, 0.29) is 5.92 Å². The number of hydrogen-bond donors (Lipinski definition) is 1. The molecule has 1 aliphatic rings. The smallest absolute Gasteiger partial charge is 0.334 e. The van der Waals surface area contributed by atoms with E-state index in [2.05, 4.69) is 4.74 Å². The second kappa shape index (κ2) is 5.40. The summed E-state index contributed by atoms with van der Waals surface area (Å²) in [6, 6.07) is 5.94. The van der Waals surface area contributed by atoms with Crippen molar-refractivity contribution in [3.8, 4) is 5.75 Å². The molecule has 98 valence electrons. The molecular formula is C14H18O4. The maximum Gasteiger partial charge on any atom is 0.334 e. The molecule has 0 spiro atoms. The van der Waals surface area contributed by atoms with Gasteiger partial charge in [0.25, 0.3) is 0 Å². The molecule has 4 nitrogen and oxygen atoms in total. The molecule has 1 aliphatic carbocycles. The largest absolute Gasteiger partial charge is 0.497 e. The number of hydrogen-bond acceptors (Lipinski definition) is 4. The number of esters is 1. The summed E-state index contributed by atoms with van der Waals surface area (Å²) in [5.41, 5.74) is 2.41. The molecule has 2 rings (SSSR count). The Labute approximate surface area is 107 Å². The van der Waals surface area contributed by atoms with Crippen molar-refractivity contribution in [3.63, 3.8) is 0 Å². The van der Waals surface area contributed by atoms with Crippen molar-refractivity contribution in [3.05, 3.63) is 29.3 Å². The van der Waals surface area contributed by atoms with Crippen LogP contribution in [0.4, 0.5) is 0 Å². The third kappa shape index (κ3) is 2.48. The van der Waals surface area contributed by atoms with Crippen LogP contribution in [0.1, 0.15) is 17.5 Å². The van der Waals surface area contributed by atoms with Crippen LogP contribution in [0.2, 0.25) is 0 Å². The number of benzene rings is 1. The summed E-state index contributed by atoms with van der Waals surface area (Å²) in [4.78, 5) is 11.3. The first-order chi connectivity index (χ1) is 8.65. The highest BCUT2D eigenvalue weighted by Crippen LogP contribution is 2.30. The fraction of sp³-hybridized carbons (Fsp3) is 0.500. The lowest BCUT2D eigenvalue weighted by Crippen LogP contribution is -2.34. The Kier molecular flexibility index (Phi) is 3.87. The molecule has 0 aromatic heterocycles. The van der Waals surface area contributed by atoms with Gasteiger partial charge in [-0.05, 0) is 48.4 Å². The van der Waals surface area contributed by atoms with Gasteiger partial charge in [0, 0.05) is 0 Å². The third-order valence-electron chi connectivity index (χ3n) is 3.57. The Morgan fingerprint density at radius 2 is 2.17 bits per heavy atom. The topological polar surface area (TPSA) is 55.8 Å². The average Bonchev–Trinajstić information content (AvgIpc) is 2.44. The highest BCUT2D eigenvalue weighted by atomic mass is 16.5. The zero-order chi connectivity index (χ0) is 13.1. The number of methoxy groups -OCH3 is 2. The highest BCUT2D eigenvalue weighted by Gasteiger charge is 2.30. The maximum absolute atomic E-state index is 11.3. The maximum atomic E-state index is 11.3. The fourth-order valence-electron chi connectivity index (χ4n) is 2.47. The molecule has 0 amide bonds. The SMILES string of the molecule is COC(=O)C(O)C1CCc2cc(OC)ccc2C1. The number of aliphatic hydroxyl groups excluding tert-OH is 1. The van der Waals surface area contributed by atoms with Gasteiger partial charge >= 0.3 is 5.97 Å². The number of carbonyl (C=O) groups excluding carboxylic acids is 1. The zero-order valence-electron chi connectivity index (χ0n) is 10.7. The molecule has 0 heterocycles. The van der Waals surface area contributed by atoms with E-state index in [1.54, 1.807) is 7.11 Å². The van der Waals surface area contributed by atoms with E-state index in [0.29, 0.717) is 6.42 Å². The molecule has 1 N–H and O–H groups in total. The summed E-state index contributed by atoms with van der Waals surface area (Å²) in [5, 5.41) is 9.87. The Morgan fingerprint density at radius 1 is 1.39 bits per heavy atom. The molecule has 0 bridgehead atoms. The van der Waals surface area contributed by atoms with Gasteiger partial charge < -0.3 is 14.6 Å². The van der Waals surface area contributed by atoms with Crippen molar-refractivity contribution in [2.45, 2.75) is 25.4 Å². The molecule has 18 heavy (non-hydrogen) atoms. The van der Waals surface area contributed by atoms with Crippen LogP contribution < -0.4 is 4.74 Å². The summed E-state index contributed by atoms with van der Waals surface area (Å²) in [7, 11) is 2.95. The standard InChI is InChI=1S/C14H18O4/c1-17-12-6-5-9-7-11(4-3-10(9)8-12)13(15)14(16)18-2/h5-6,8,11,13,15H,3-4,7H2,1-2H3. The molecule has 0 saturated heterocycles. The minimum absolute atomic E-state index is 0.0571. The minimum Gasteiger partial charge on any atom is -0.497 e. The summed E-state index contributed by atoms with van der Waals surface area (Å²) < 4.78 is 9.77. The molecule has 0 radical (unpaired) electrons. The van der Waals surface area contributed by atoms with Gasteiger partial charge in [-0.2, -0.15) is 0 Å². The van der Waals surface area contributed by atoms with Gasteiger partial charge in [-0.15, -0.1) is 0 Å². The lowest BCUT2D eigenvalue weighted by Gasteiger charge is -2.27. The van der Waals surface area contributed by atoms with Crippen LogP contribution in [0, 0.1) is 5.92 Å². The van der Waals surface area contributed by atoms with Crippen LogP contribution in [0.3, 0.4) is 0 Å². The lowest BCUT2D eigenvalue weighted by molar-refractivity contribution is -0.153. The van der Waals surface area contributed by atoms with Crippen molar-refractivity contribution < 1.29 is 19.4 Å². The second-order valence-corrected chi connectivity index (χ2v) is 4.61. The predicted octanol–water partition coefficient (Wildman–Crippen LogP) is 1.33. The molecule has 0 saturated carbocycles. The van der Waals surface area contributed by atoms with Crippen LogP contribution in [-0.2, 0) is 22.4 Å². The van der Waals surface area contributed by atoms with Crippen molar-refractivity contribution in [1.82, 2.24) is 0 Å². The van der Waals surface area contributed by atoms with E-state index in [1.165, 1.54) is 18.2 Å². The van der Waals surface area contributed by atoms with Gasteiger partial charge in [0.15, 0.2) is 6.10 Å². The van der Waals surface area contributed by atoms with E-state index in [1.807, 2.05) is 18.2 Å². The van der Waals surface area contributed by atoms with Gasteiger partial charge in [-0.1, -0.05) is 6.07 Å². The van der Waals surface area contributed by atoms with Crippen LogP contribution in [0.25, 0.3) is 0 Å². The van der Waals surface area contributed by atoms with Gasteiger partial charge in [0.2, 0.25) is 0 Å². The van der Waals surface area contributed by atoms with E-state index < -0.39 is 12.1 Å². The van der Waals surface area contributed by atoms with Gasteiger partial charge in [0.05, 0.1) is 14.2 Å². The molecule has 4 heteroatoms. The number of aliphatic hydroxyl groups is 1. The average molecular weight is 250 g/mol. The summed E-state index contributed by atoms with van der Waals surface area (Å²) in [6.45, 7) is 0. The van der Waals surface area contributed by atoms with E-state index in [9.17, 15) is 9.90 Å². The summed E-state index contributed by atoms with van der Waals surface area (Å²) in [5.74, 6) is 0.246. The Morgan fingerprint density at radius 3 is 2.83 bits per heavy atom. The van der Waals surface area contributed by atoms with Crippen molar-refractivity contribution >= 4 is 5.97 Å². The summed E-state index contributed by atoms with van der Waals surface area (Å²) >= 11 is 0. The quantitative estimate of drug-likeness (QED) is 0.822. The monoisotopic (exact) mass is 250 g/mol. The molecule has 1 aromatic carbocycles. The fourth-order valence-corrected chi connectivity index (χ4v) is 2.47. The minimum atomic E-state index is -1.02. The van der Waals surface area contributed by atoms with Crippen molar-refractivity contribution in [2.75, 3.05) is 14.2 Å². The first-order valence-electron chi connectivity index (χ1n) is 6.07. The summed E-state index contributed by atoms with van der Waals surface area (Å²) in [6.07, 6.45) is 1.32. The highest BCUT2D eigenvalue weighted by molar-refractivity contribution is 5.74. The van der Waals surface area contributed by atoms with Crippen LogP contribution in [-0.4, -0.2) is 31.4 Å². The first-order valence-corrected chi connectivity index (χ1v) is 6.07. The molecular weight excluding hydrogens is 232 g/mol. The van der Waals surface area contributed by atoms with E-state index in [0.717, 1.165) is 18.6 Å². The molecule has 0 fully saturated rings. The lowest BCUT2D eigenvalue weighted by atomic mass is 9.81. The number of ether oxygens (including phenoxy) is 2. The normalized spacial score (nSPS) is 19.8. The van der Waals surface area contributed by atoms with Crippen molar-refractivity contribution in [2.24, 2.45) is 5.92 Å². The zero-order valence-corrected chi connectivity index (χ0v) is 10.7. The van der Waals surface area contributed by atoms with Crippen LogP contribution >= 0.6 is 0 Å². The molecule has 2 unspecified atom stereocenters. The third-order valence-corrected chi connectivity index (χ3v) is 3.57. The van der Waals surface area contributed by atoms with Gasteiger partial charge in [0.1, 0.15) is 5.75 Å². The van der Waals surface area contributed by atoms with Crippen LogP contribution in [0.15, 0.2) is 18.2 Å². The predicted molar refractivity (Wildman–Crippen MR) is 66.5 cm³/mol. The second-order valence-electron chi connectivity index (χ2n) is 4.61. The Bertz CT molecular complexity index is 441. The first kappa shape index (κ1) is 12.9. The molecule has 2 atom stereocenters.